The summed E-state index contributed by atoms with van der Waals surface area (Å²) >= 11 is 0. The lowest BCUT2D eigenvalue weighted by Crippen LogP contribution is -2.28. The third-order valence-electron chi connectivity index (χ3n) is 3.55. The number of aromatic hydroxyl groups is 1. The Kier molecular flexibility index (Phi) is 3.75. The van der Waals surface area contributed by atoms with Crippen LogP contribution in [-0.2, 0) is 4.74 Å². The lowest BCUT2D eigenvalue weighted by molar-refractivity contribution is 0.00489. The van der Waals surface area contributed by atoms with Crippen molar-refractivity contribution in [1.29, 1.82) is 0 Å². The summed E-state index contributed by atoms with van der Waals surface area (Å²) in [6.45, 7) is 2.10. The maximum absolute atomic E-state index is 12.0. The van der Waals surface area contributed by atoms with Crippen molar-refractivity contribution in [3.8, 4) is 5.75 Å². The number of nitrogens with two attached hydrogens (primary N) is 1. The average Bonchev–Trinajstić information content (AvgIpc) is 2.35. The summed E-state index contributed by atoms with van der Waals surface area (Å²) in [7, 11) is 0. The number of carbonyl (C=O) groups excluding carboxylic acids is 1. The molecule has 0 aliphatic heterocycles. The molecule has 1 aromatic carbocycles. The first kappa shape index (κ1) is 12.7. The molecule has 2 rings (SSSR count). The van der Waals surface area contributed by atoms with Gasteiger partial charge in [-0.15, -0.1) is 0 Å². The summed E-state index contributed by atoms with van der Waals surface area (Å²) in [4.78, 5) is 12.0. The Morgan fingerprint density at radius 2 is 2.11 bits per heavy atom. The molecule has 2 unspecified atom stereocenters. The fourth-order valence-electron chi connectivity index (χ4n) is 2.38. The standard InChI is InChI=1S/C14H19NO3/c1-9-4-2-3-5-13(9)18-14(17)11-8-10(16)6-7-12(11)15/h6-9,13,16H,2-5,15H2,1H3. The van der Waals surface area contributed by atoms with Crippen molar-refractivity contribution in [1.82, 2.24) is 0 Å². The molecular formula is C14H19NO3. The Morgan fingerprint density at radius 3 is 2.83 bits per heavy atom. The van der Waals surface area contributed by atoms with Crippen molar-refractivity contribution < 1.29 is 14.6 Å². The van der Waals surface area contributed by atoms with Gasteiger partial charge in [0.2, 0.25) is 0 Å². The Balaban J connectivity index is 2.09. The van der Waals surface area contributed by atoms with E-state index in [0.717, 1.165) is 19.3 Å². The molecule has 98 valence electrons. The number of rotatable bonds is 2. The number of hydrogen-bond donors (Lipinski definition) is 2. The Bertz CT molecular complexity index is 445. The van der Waals surface area contributed by atoms with Crippen LogP contribution < -0.4 is 5.73 Å². The van der Waals surface area contributed by atoms with Crippen LogP contribution in [0.25, 0.3) is 0 Å². The second kappa shape index (κ2) is 5.29. The van der Waals surface area contributed by atoms with Crippen molar-refractivity contribution in [2.24, 2.45) is 5.92 Å². The fraction of sp³-hybridized carbons (Fsp3) is 0.500. The second-order valence-electron chi connectivity index (χ2n) is 4.98. The Labute approximate surface area is 107 Å². The normalized spacial score (nSPS) is 23.6. The SMILES string of the molecule is CC1CCCCC1OC(=O)c1cc(O)ccc1N. The quantitative estimate of drug-likeness (QED) is 0.480. The van der Waals surface area contributed by atoms with E-state index in [1.54, 1.807) is 0 Å². The van der Waals surface area contributed by atoms with Gasteiger partial charge in [-0.1, -0.05) is 13.3 Å². The molecule has 1 fully saturated rings. The summed E-state index contributed by atoms with van der Waals surface area (Å²) in [5, 5.41) is 9.38. The monoisotopic (exact) mass is 249 g/mol. The predicted molar refractivity (Wildman–Crippen MR) is 69.4 cm³/mol. The lowest BCUT2D eigenvalue weighted by atomic mass is 9.88. The fourth-order valence-corrected chi connectivity index (χ4v) is 2.38. The van der Waals surface area contributed by atoms with Gasteiger partial charge in [-0.25, -0.2) is 4.79 Å². The lowest BCUT2D eigenvalue weighted by Gasteiger charge is -2.28. The van der Waals surface area contributed by atoms with Crippen LogP contribution in [0.15, 0.2) is 18.2 Å². The molecule has 1 aliphatic rings. The van der Waals surface area contributed by atoms with Crippen LogP contribution in [0.2, 0.25) is 0 Å². The van der Waals surface area contributed by atoms with Gasteiger partial charge >= 0.3 is 5.97 Å². The van der Waals surface area contributed by atoms with Crippen molar-refractivity contribution >= 4 is 11.7 Å². The summed E-state index contributed by atoms with van der Waals surface area (Å²) < 4.78 is 5.50. The zero-order valence-electron chi connectivity index (χ0n) is 10.6. The molecule has 3 N–H and O–H groups in total. The van der Waals surface area contributed by atoms with Gasteiger partial charge in [0.05, 0.1) is 5.56 Å². The van der Waals surface area contributed by atoms with Crippen molar-refractivity contribution in [2.45, 2.75) is 38.7 Å². The number of ether oxygens (including phenoxy) is 1. The number of benzene rings is 1. The van der Waals surface area contributed by atoms with Crippen molar-refractivity contribution in [3.63, 3.8) is 0 Å². The maximum atomic E-state index is 12.0. The molecule has 0 aromatic heterocycles. The molecule has 1 aliphatic carbocycles. The van der Waals surface area contributed by atoms with E-state index < -0.39 is 5.97 Å². The topological polar surface area (TPSA) is 72.5 Å². The van der Waals surface area contributed by atoms with Crippen LogP contribution in [0.5, 0.6) is 5.75 Å². The summed E-state index contributed by atoms with van der Waals surface area (Å²) in [5.74, 6) is -0.0313. The number of carbonyl (C=O) groups is 1. The molecule has 4 nitrogen and oxygen atoms in total. The molecule has 18 heavy (non-hydrogen) atoms. The first-order valence-electron chi connectivity index (χ1n) is 6.37. The van der Waals surface area contributed by atoms with E-state index in [9.17, 15) is 9.90 Å². The van der Waals surface area contributed by atoms with Gasteiger partial charge < -0.3 is 15.6 Å². The van der Waals surface area contributed by atoms with Crippen LogP contribution in [0.1, 0.15) is 43.0 Å². The third-order valence-corrected chi connectivity index (χ3v) is 3.55. The van der Waals surface area contributed by atoms with Gasteiger partial charge in [-0.2, -0.15) is 0 Å². The van der Waals surface area contributed by atoms with E-state index in [1.165, 1.54) is 24.6 Å². The van der Waals surface area contributed by atoms with Crippen LogP contribution in [-0.4, -0.2) is 17.2 Å². The highest BCUT2D eigenvalue weighted by molar-refractivity contribution is 5.95. The third kappa shape index (κ3) is 2.75. The van der Waals surface area contributed by atoms with Crippen LogP contribution in [0.4, 0.5) is 5.69 Å². The molecule has 0 radical (unpaired) electrons. The van der Waals surface area contributed by atoms with E-state index in [4.69, 9.17) is 10.5 Å². The molecule has 0 heterocycles. The first-order chi connectivity index (χ1) is 8.58. The number of esters is 1. The predicted octanol–water partition coefficient (Wildman–Crippen LogP) is 2.71. The number of phenolic OH excluding ortho intramolecular Hbond substituents is 1. The van der Waals surface area contributed by atoms with Crippen LogP contribution in [0, 0.1) is 5.92 Å². The van der Waals surface area contributed by atoms with Crippen molar-refractivity contribution in [2.75, 3.05) is 5.73 Å². The molecule has 0 spiro atoms. The Hall–Kier alpha value is -1.71. The number of anilines is 1. The van der Waals surface area contributed by atoms with Gasteiger partial charge in [0.1, 0.15) is 11.9 Å². The second-order valence-corrected chi connectivity index (χ2v) is 4.98. The zero-order valence-corrected chi connectivity index (χ0v) is 10.6. The van der Waals surface area contributed by atoms with Gasteiger partial charge in [0, 0.05) is 5.69 Å². The summed E-state index contributed by atoms with van der Waals surface area (Å²) in [6.07, 6.45) is 4.26. The minimum absolute atomic E-state index is 0.0212. The highest BCUT2D eigenvalue weighted by Gasteiger charge is 2.26. The molecule has 2 atom stereocenters. The number of nitrogen functional groups attached to an aromatic ring is 1. The number of hydrogen-bond acceptors (Lipinski definition) is 4. The molecule has 0 amide bonds. The minimum Gasteiger partial charge on any atom is -0.508 e. The van der Waals surface area contributed by atoms with E-state index in [2.05, 4.69) is 6.92 Å². The smallest absolute Gasteiger partial charge is 0.340 e. The first-order valence-corrected chi connectivity index (χ1v) is 6.37. The van der Waals surface area contributed by atoms with Gasteiger partial charge in [-0.05, 0) is 43.4 Å². The Morgan fingerprint density at radius 1 is 1.39 bits per heavy atom. The average molecular weight is 249 g/mol. The summed E-state index contributed by atoms with van der Waals surface area (Å²) in [6, 6.07) is 4.32. The van der Waals surface area contributed by atoms with Gasteiger partial charge in [-0.3, -0.25) is 0 Å². The molecule has 0 saturated heterocycles. The van der Waals surface area contributed by atoms with E-state index >= 15 is 0 Å². The molecular weight excluding hydrogens is 230 g/mol. The van der Waals surface area contributed by atoms with Crippen LogP contribution >= 0.6 is 0 Å². The largest absolute Gasteiger partial charge is 0.508 e. The minimum atomic E-state index is -0.442. The van der Waals surface area contributed by atoms with E-state index in [0.29, 0.717) is 11.6 Å². The maximum Gasteiger partial charge on any atom is 0.340 e. The van der Waals surface area contributed by atoms with E-state index in [1.807, 2.05) is 0 Å². The molecule has 1 saturated carbocycles. The molecule has 4 heteroatoms. The highest BCUT2D eigenvalue weighted by Crippen LogP contribution is 2.28. The molecule has 1 aromatic rings. The van der Waals surface area contributed by atoms with E-state index in [-0.39, 0.29) is 17.4 Å². The van der Waals surface area contributed by atoms with Crippen molar-refractivity contribution in [3.05, 3.63) is 23.8 Å². The molecule has 0 bridgehead atoms. The number of phenols is 1. The van der Waals surface area contributed by atoms with Gasteiger partial charge in [0.15, 0.2) is 0 Å². The van der Waals surface area contributed by atoms with Gasteiger partial charge in [0.25, 0.3) is 0 Å². The summed E-state index contributed by atoms with van der Waals surface area (Å²) in [5.41, 5.74) is 6.30. The van der Waals surface area contributed by atoms with Crippen LogP contribution in [0.3, 0.4) is 0 Å². The zero-order chi connectivity index (χ0) is 13.1. The highest BCUT2D eigenvalue weighted by atomic mass is 16.5.